The predicted octanol–water partition coefficient (Wildman–Crippen LogP) is 2.79. The summed E-state index contributed by atoms with van der Waals surface area (Å²) in [5.74, 6) is -0.189. The van der Waals surface area contributed by atoms with E-state index in [9.17, 15) is 4.39 Å². The maximum absolute atomic E-state index is 14.0. The van der Waals surface area contributed by atoms with Gasteiger partial charge in [0.1, 0.15) is 5.82 Å². The van der Waals surface area contributed by atoms with Crippen molar-refractivity contribution in [1.29, 1.82) is 0 Å². The van der Waals surface area contributed by atoms with E-state index in [1.54, 1.807) is 10.7 Å². The van der Waals surface area contributed by atoms with Crippen molar-refractivity contribution < 1.29 is 4.39 Å². The molecule has 19 heavy (non-hydrogen) atoms. The second-order valence-corrected chi connectivity index (χ2v) is 5.27. The summed E-state index contributed by atoms with van der Waals surface area (Å²) in [6.45, 7) is 2.71. The average molecular weight is 259 g/mol. The first-order valence-electron chi connectivity index (χ1n) is 6.66. The van der Waals surface area contributed by atoms with Gasteiger partial charge in [-0.05, 0) is 37.5 Å². The first-order valence-corrected chi connectivity index (χ1v) is 6.66. The molecular weight excluding hydrogens is 241 g/mol. The lowest BCUT2D eigenvalue weighted by atomic mass is 10.0. The summed E-state index contributed by atoms with van der Waals surface area (Å²) in [6.07, 6.45) is 4.39. The third-order valence-corrected chi connectivity index (χ3v) is 3.51. The Hall–Kier alpha value is -1.68. The van der Waals surface area contributed by atoms with Gasteiger partial charge in [-0.25, -0.2) is 4.39 Å². The van der Waals surface area contributed by atoms with E-state index >= 15 is 0 Å². The Bertz CT molecular complexity index is 599. The molecular formula is C15H18FN3. The van der Waals surface area contributed by atoms with Crippen LogP contribution in [0.1, 0.15) is 24.1 Å². The van der Waals surface area contributed by atoms with Gasteiger partial charge in [0.25, 0.3) is 0 Å². The zero-order valence-corrected chi connectivity index (χ0v) is 11.3. The molecule has 3 nitrogen and oxygen atoms in total. The normalized spacial score (nSPS) is 14.9. The van der Waals surface area contributed by atoms with Crippen molar-refractivity contribution in [2.45, 2.75) is 32.4 Å². The lowest BCUT2D eigenvalue weighted by Gasteiger charge is -2.07. The first-order chi connectivity index (χ1) is 9.13. The summed E-state index contributed by atoms with van der Waals surface area (Å²) in [5.41, 5.74) is 3.48. The molecule has 0 atom stereocenters. The lowest BCUT2D eigenvalue weighted by Crippen LogP contribution is -2.15. The molecule has 1 N–H and O–H groups in total. The smallest absolute Gasteiger partial charge is 0.131 e. The van der Waals surface area contributed by atoms with Crippen LogP contribution in [0.4, 0.5) is 4.39 Å². The van der Waals surface area contributed by atoms with Crippen molar-refractivity contribution in [2.75, 3.05) is 0 Å². The van der Waals surface area contributed by atoms with Crippen LogP contribution in [-0.4, -0.2) is 15.8 Å². The highest BCUT2D eigenvalue weighted by Gasteiger charge is 2.20. The van der Waals surface area contributed by atoms with Crippen LogP contribution >= 0.6 is 0 Å². The van der Waals surface area contributed by atoms with Gasteiger partial charge in [-0.2, -0.15) is 5.10 Å². The third kappa shape index (κ3) is 2.68. The minimum Gasteiger partial charge on any atom is -0.310 e. The van der Waals surface area contributed by atoms with Gasteiger partial charge in [0, 0.05) is 37.0 Å². The van der Waals surface area contributed by atoms with Gasteiger partial charge < -0.3 is 5.32 Å². The Morgan fingerprint density at radius 1 is 1.37 bits per heavy atom. The van der Waals surface area contributed by atoms with Gasteiger partial charge in [0.05, 0.1) is 5.69 Å². The number of halogens is 1. The molecule has 1 saturated carbocycles. The van der Waals surface area contributed by atoms with E-state index in [1.165, 1.54) is 12.8 Å². The predicted molar refractivity (Wildman–Crippen MR) is 73.2 cm³/mol. The highest BCUT2D eigenvalue weighted by molar-refractivity contribution is 5.66. The highest BCUT2D eigenvalue weighted by atomic mass is 19.1. The van der Waals surface area contributed by atoms with Crippen LogP contribution < -0.4 is 5.32 Å². The van der Waals surface area contributed by atoms with Crippen LogP contribution in [0.5, 0.6) is 0 Å². The summed E-state index contributed by atoms with van der Waals surface area (Å²) in [6, 6.07) is 5.98. The minimum absolute atomic E-state index is 0.189. The van der Waals surface area contributed by atoms with Crippen molar-refractivity contribution in [3.63, 3.8) is 0 Å². The molecule has 1 fully saturated rings. The van der Waals surface area contributed by atoms with Crippen molar-refractivity contribution in [3.8, 4) is 11.1 Å². The zero-order chi connectivity index (χ0) is 13.4. The number of nitrogens with zero attached hydrogens (tertiary/aromatic N) is 2. The third-order valence-electron chi connectivity index (χ3n) is 3.51. The van der Waals surface area contributed by atoms with E-state index < -0.39 is 0 Å². The Balaban J connectivity index is 1.90. The highest BCUT2D eigenvalue weighted by Crippen LogP contribution is 2.27. The van der Waals surface area contributed by atoms with Crippen LogP contribution in [0.15, 0.2) is 24.4 Å². The van der Waals surface area contributed by atoms with E-state index in [2.05, 4.69) is 10.4 Å². The Labute approximate surface area is 112 Å². The zero-order valence-electron chi connectivity index (χ0n) is 11.3. The molecule has 0 aliphatic heterocycles. The van der Waals surface area contributed by atoms with Crippen LogP contribution in [0.3, 0.4) is 0 Å². The molecule has 0 spiro atoms. The van der Waals surface area contributed by atoms with Crippen molar-refractivity contribution >= 4 is 0 Å². The number of hydrogen-bond donors (Lipinski definition) is 1. The van der Waals surface area contributed by atoms with Crippen LogP contribution in [0.25, 0.3) is 11.1 Å². The molecule has 2 aromatic rings. The van der Waals surface area contributed by atoms with Gasteiger partial charge in [0.2, 0.25) is 0 Å². The number of aromatic nitrogens is 2. The molecule has 1 aliphatic rings. The fourth-order valence-electron chi connectivity index (χ4n) is 2.30. The number of benzene rings is 1. The van der Waals surface area contributed by atoms with Crippen molar-refractivity contribution in [1.82, 2.24) is 15.1 Å². The van der Waals surface area contributed by atoms with E-state index in [-0.39, 0.29) is 5.82 Å². The van der Waals surface area contributed by atoms with Gasteiger partial charge in [0.15, 0.2) is 0 Å². The van der Waals surface area contributed by atoms with Crippen LogP contribution in [0.2, 0.25) is 0 Å². The molecule has 1 aromatic carbocycles. The SMILES string of the molecule is Cc1nn(C)cc1-c1cc(CNC2CC2)ccc1F. The van der Waals surface area contributed by atoms with Gasteiger partial charge in [-0.1, -0.05) is 6.07 Å². The molecule has 1 heterocycles. The molecule has 0 saturated heterocycles. The summed E-state index contributed by atoms with van der Waals surface area (Å²) < 4.78 is 15.7. The monoisotopic (exact) mass is 259 g/mol. The van der Waals surface area contributed by atoms with Gasteiger partial charge in [-0.15, -0.1) is 0 Å². The number of rotatable bonds is 4. The van der Waals surface area contributed by atoms with E-state index in [1.807, 2.05) is 32.3 Å². The topological polar surface area (TPSA) is 29.9 Å². The van der Waals surface area contributed by atoms with Crippen molar-refractivity contribution in [2.24, 2.45) is 7.05 Å². The molecule has 0 bridgehead atoms. The summed E-state index contributed by atoms with van der Waals surface area (Å²) in [5, 5.41) is 7.72. The molecule has 1 aromatic heterocycles. The second-order valence-electron chi connectivity index (χ2n) is 5.27. The summed E-state index contributed by atoms with van der Waals surface area (Å²) >= 11 is 0. The van der Waals surface area contributed by atoms with Gasteiger partial charge in [-0.3, -0.25) is 4.68 Å². The summed E-state index contributed by atoms with van der Waals surface area (Å²) in [4.78, 5) is 0. The van der Waals surface area contributed by atoms with Gasteiger partial charge >= 0.3 is 0 Å². The van der Waals surface area contributed by atoms with E-state index in [0.29, 0.717) is 11.6 Å². The van der Waals surface area contributed by atoms with Crippen LogP contribution in [-0.2, 0) is 13.6 Å². The first kappa shape index (κ1) is 12.4. The standard InChI is InChI=1S/C15H18FN3/c1-10-14(9-19(2)18-10)13-7-11(3-6-15(13)16)8-17-12-4-5-12/h3,6-7,9,12,17H,4-5,8H2,1-2H3. The Morgan fingerprint density at radius 2 is 2.16 bits per heavy atom. The maximum atomic E-state index is 14.0. The molecule has 4 heteroatoms. The fourth-order valence-corrected chi connectivity index (χ4v) is 2.30. The molecule has 0 radical (unpaired) electrons. The van der Waals surface area contributed by atoms with Crippen molar-refractivity contribution in [3.05, 3.63) is 41.5 Å². The number of aryl methyl sites for hydroxylation is 2. The molecule has 1 aliphatic carbocycles. The average Bonchev–Trinajstić information content (AvgIpc) is 3.14. The Morgan fingerprint density at radius 3 is 2.79 bits per heavy atom. The largest absolute Gasteiger partial charge is 0.310 e. The van der Waals surface area contributed by atoms with E-state index in [4.69, 9.17) is 0 Å². The Kier molecular flexibility index (Phi) is 3.11. The number of nitrogens with one attached hydrogen (secondary N) is 1. The quantitative estimate of drug-likeness (QED) is 0.915. The molecule has 3 rings (SSSR count). The van der Waals surface area contributed by atoms with E-state index in [0.717, 1.165) is 23.4 Å². The minimum atomic E-state index is -0.189. The van der Waals surface area contributed by atoms with Crippen LogP contribution in [0, 0.1) is 12.7 Å². The number of hydrogen-bond acceptors (Lipinski definition) is 2. The molecule has 0 unspecified atom stereocenters. The molecule has 0 amide bonds. The summed E-state index contributed by atoms with van der Waals surface area (Å²) in [7, 11) is 1.85. The second kappa shape index (κ2) is 4.78. The fraction of sp³-hybridized carbons (Fsp3) is 0.400. The lowest BCUT2D eigenvalue weighted by molar-refractivity contribution is 0.628. The maximum Gasteiger partial charge on any atom is 0.131 e. The molecule has 100 valence electrons.